The van der Waals surface area contributed by atoms with Gasteiger partial charge < -0.3 is 15.8 Å². The third-order valence-corrected chi connectivity index (χ3v) is 4.44. The molecular formula is C14H23N3O3S. The Bertz CT molecular complexity index is 475. The van der Waals surface area contributed by atoms with E-state index in [1.54, 1.807) is 12.3 Å². The van der Waals surface area contributed by atoms with E-state index >= 15 is 0 Å². The maximum absolute atomic E-state index is 12.3. The number of amides is 1. The van der Waals surface area contributed by atoms with E-state index in [1.807, 2.05) is 13.8 Å². The van der Waals surface area contributed by atoms with Gasteiger partial charge in [-0.2, -0.15) is 0 Å². The van der Waals surface area contributed by atoms with Gasteiger partial charge >= 0.3 is 5.97 Å². The predicted molar refractivity (Wildman–Crippen MR) is 83.2 cm³/mol. The van der Waals surface area contributed by atoms with Crippen LogP contribution in [0.5, 0.6) is 0 Å². The van der Waals surface area contributed by atoms with Crippen molar-refractivity contribution in [2.75, 3.05) is 18.5 Å². The lowest BCUT2D eigenvalue weighted by atomic mass is 9.81. The Morgan fingerprint density at radius 2 is 2.05 bits per heavy atom. The lowest BCUT2D eigenvalue weighted by Crippen LogP contribution is -2.41. The monoisotopic (exact) mass is 313 g/mol. The summed E-state index contributed by atoms with van der Waals surface area (Å²) < 4.78 is 4.86. The molecule has 0 radical (unpaired) electrons. The fraction of sp³-hybridized carbons (Fsp3) is 0.643. The molecule has 0 atom stereocenters. The molecule has 21 heavy (non-hydrogen) atoms. The molecule has 0 aliphatic carbocycles. The second-order valence-electron chi connectivity index (χ2n) is 4.77. The van der Waals surface area contributed by atoms with E-state index in [0.29, 0.717) is 36.8 Å². The van der Waals surface area contributed by atoms with Crippen molar-refractivity contribution in [3.05, 3.63) is 11.1 Å². The number of aromatic nitrogens is 1. The van der Waals surface area contributed by atoms with Gasteiger partial charge in [0, 0.05) is 11.9 Å². The highest BCUT2D eigenvalue weighted by atomic mass is 32.1. The summed E-state index contributed by atoms with van der Waals surface area (Å²) in [4.78, 5) is 28.0. The summed E-state index contributed by atoms with van der Waals surface area (Å²) in [7, 11) is 0. The standard InChI is InChI=1S/C14H23N3O3S/c1-4-14(5-2,9-15)12(19)17-13-16-10(8-21-13)7-11(18)20-6-3/h8H,4-7,9,15H2,1-3H3,(H,16,17,19). The Labute approximate surface area is 129 Å². The van der Waals surface area contributed by atoms with Crippen molar-refractivity contribution in [1.29, 1.82) is 0 Å². The van der Waals surface area contributed by atoms with Gasteiger partial charge in [0.25, 0.3) is 0 Å². The number of rotatable bonds is 8. The first-order chi connectivity index (χ1) is 10.0. The summed E-state index contributed by atoms with van der Waals surface area (Å²) in [6.07, 6.45) is 1.46. The summed E-state index contributed by atoms with van der Waals surface area (Å²) in [5.74, 6) is -0.439. The minimum Gasteiger partial charge on any atom is -0.466 e. The van der Waals surface area contributed by atoms with Gasteiger partial charge in [0.15, 0.2) is 5.13 Å². The smallest absolute Gasteiger partial charge is 0.311 e. The van der Waals surface area contributed by atoms with Gasteiger partial charge in [0.1, 0.15) is 0 Å². The average Bonchev–Trinajstić information content (AvgIpc) is 2.88. The van der Waals surface area contributed by atoms with Gasteiger partial charge in [0.05, 0.1) is 24.1 Å². The molecule has 0 unspecified atom stereocenters. The van der Waals surface area contributed by atoms with Crippen LogP contribution in [0, 0.1) is 5.41 Å². The first kappa shape index (κ1) is 17.6. The third kappa shape index (κ3) is 4.50. The number of esters is 1. The Morgan fingerprint density at radius 1 is 1.38 bits per heavy atom. The number of carbonyl (C=O) groups is 2. The molecule has 0 saturated carbocycles. The van der Waals surface area contributed by atoms with Crippen molar-refractivity contribution >= 4 is 28.3 Å². The van der Waals surface area contributed by atoms with Crippen LogP contribution < -0.4 is 11.1 Å². The SMILES string of the molecule is CCOC(=O)Cc1csc(NC(=O)C(CC)(CC)CN)n1. The molecular weight excluding hydrogens is 290 g/mol. The largest absolute Gasteiger partial charge is 0.466 e. The molecule has 7 heteroatoms. The number of nitrogens with one attached hydrogen (secondary N) is 1. The fourth-order valence-electron chi connectivity index (χ4n) is 1.99. The number of thiazole rings is 1. The maximum atomic E-state index is 12.3. The lowest BCUT2D eigenvalue weighted by molar-refractivity contribution is -0.142. The highest BCUT2D eigenvalue weighted by Crippen LogP contribution is 2.27. The van der Waals surface area contributed by atoms with Gasteiger partial charge in [0.2, 0.25) is 5.91 Å². The third-order valence-electron chi connectivity index (χ3n) is 3.63. The van der Waals surface area contributed by atoms with E-state index in [-0.39, 0.29) is 18.3 Å². The summed E-state index contributed by atoms with van der Waals surface area (Å²) >= 11 is 1.29. The normalized spacial score (nSPS) is 11.2. The van der Waals surface area contributed by atoms with Gasteiger partial charge in [-0.15, -0.1) is 11.3 Å². The summed E-state index contributed by atoms with van der Waals surface area (Å²) in [5, 5.41) is 5.03. The first-order valence-corrected chi connectivity index (χ1v) is 8.00. The quantitative estimate of drug-likeness (QED) is 0.715. The molecule has 0 bridgehead atoms. The Balaban J connectivity index is 2.70. The van der Waals surface area contributed by atoms with E-state index < -0.39 is 5.41 Å². The number of hydrogen-bond acceptors (Lipinski definition) is 6. The molecule has 6 nitrogen and oxygen atoms in total. The maximum Gasteiger partial charge on any atom is 0.311 e. The van der Waals surface area contributed by atoms with Crippen LogP contribution in [0.15, 0.2) is 5.38 Å². The van der Waals surface area contributed by atoms with Crippen LogP contribution in [0.4, 0.5) is 5.13 Å². The summed E-state index contributed by atoms with van der Waals surface area (Å²) in [6.45, 7) is 6.30. The molecule has 118 valence electrons. The second-order valence-corrected chi connectivity index (χ2v) is 5.63. The van der Waals surface area contributed by atoms with Crippen LogP contribution in [-0.4, -0.2) is 30.0 Å². The van der Waals surface area contributed by atoms with Crippen LogP contribution in [0.25, 0.3) is 0 Å². The zero-order valence-corrected chi connectivity index (χ0v) is 13.6. The molecule has 0 aromatic carbocycles. The van der Waals surface area contributed by atoms with Crippen LogP contribution in [-0.2, 0) is 20.7 Å². The number of carbonyl (C=O) groups excluding carboxylic acids is 2. The van der Waals surface area contributed by atoms with E-state index in [1.165, 1.54) is 11.3 Å². The molecule has 0 aliphatic heterocycles. The predicted octanol–water partition coefficient (Wildman–Crippen LogP) is 1.95. The number of nitrogens with two attached hydrogens (primary N) is 1. The van der Waals surface area contributed by atoms with Crippen molar-refractivity contribution in [2.45, 2.75) is 40.0 Å². The molecule has 1 amide bonds. The van der Waals surface area contributed by atoms with Gasteiger partial charge in [-0.05, 0) is 19.8 Å². The van der Waals surface area contributed by atoms with Gasteiger partial charge in [-0.1, -0.05) is 13.8 Å². The van der Waals surface area contributed by atoms with Gasteiger partial charge in [-0.3, -0.25) is 9.59 Å². The first-order valence-electron chi connectivity index (χ1n) is 7.12. The number of ether oxygens (including phenoxy) is 1. The van der Waals surface area contributed by atoms with Crippen molar-refractivity contribution < 1.29 is 14.3 Å². The number of hydrogen-bond donors (Lipinski definition) is 2. The van der Waals surface area contributed by atoms with E-state index in [2.05, 4.69) is 10.3 Å². The molecule has 0 fully saturated rings. The van der Waals surface area contributed by atoms with E-state index in [0.717, 1.165) is 0 Å². The minimum atomic E-state index is -0.563. The van der Waals surface area contributed by atoms with Crippen molar-refractivity contribution in [1.82, 2.24) is 4.98 Å². The Kier molecular flexibility index (Phi) is 6.77. The van der Waals surface area contributed by atoms with E-state index in [9.17, 15) is 9.59 Å². The van der Waals surface area contributed by atoms with Crippen molar-refractivity contribution in [2.24, 2.45) is 11.1 Å². The van der Waals surface area contributed by atoms with Crippen molar-refractivity contribution in [3.63, 3.8) is 0 Å². The van der Waals surface area contributed by atoms with Crippen LogP contribution in [0.3, 0.4) is 0 Å². The molecule has 1 aromatic heterocycles. The zero-order chi connectivity index (χ0) is 15.9. The molecule has 0 saturated heterocycles. The molecule has 1 rings (SSSR count). The van der Waals surface area contributed by atoms with Gasteiger partial charge in [-0.25, -0.2) is 4.98 Å². The second kappa shape index (κ2) is 8.09. The summed E-state index contributed by atoms with van der Waals surface area (Å²) in [6, 6.07) is 0. The Hall–Kier alpha value is -1.47. The van der Waals surface area contributed by atoms with Crippen molar-refractivity contribution in [3.8, 4) is 0 Å². The zero-order valence-electron chi connectivity index (χ0n) is 12.8. The van der Waals surface area contributed by atoms with E-state index in [4.69, 9.17) is 10.5 Å². The highest BCUT2D eigenvalue weighted by molar-refractivity contribution is 7.13. The topological polar surface area (TPSA) is 94.3 Å². The molecule has 1 aromatic rings. The minimum absolute atomic E-state index is 0.115. The lowest BCUT2D eigenvalue weighted by Gasteiger charge is -2.27. The summed E-state index contributed by atoms with van der Waals surface area (Å²) in [5.41, 5.74) is 5.78. The van der Waals surface area contributed by atoms with Crippen LogP contribution >= 0.6 is 11.3 Å². The Morgan fingerprint density at radius 3 is 2.57 bits per heavy atom. The van der Waals surface area contributed by atoms with Crippen LogP contribution in [0.1, 0.15) is 39.3 Å². The highest BCUT2D eigenvalue weighted by Gasteiger charge is 2.33. The number of nitrogens with zero attached hydrogens (tertiary/aromatic N) is 1. The number of anilines is 1. The molecule has 0 spiro atoms. The molecule has 1 heterocycles. The average molecular weight is 313 g/mol. The molecule has 3 N–H and O–H groups in total. The fourth-order valence-corrected chi connectivity index (χ4v) is 2.69. The molecule has 0 aliphatic rings. The van der Waals surface area contributed by atoms with Crippen LogP contribution in [0.2, 0.25) is 0 Å².